The summed E-state index contributed by atoms with van der Waals surface area (Å²) in [6, 6.07) is 10.0. The van der Waals surface area contributed by atoms with Gasteiger partial charge in [-0.3, -0.25) is 0 Å². The molecule has 116 valence electrons. The molecule has 0 aliphatic rings. The third-order valence-corrected chi connectivity index (χ3v) is 4.09. The third kappa shape index (κ3) is 3.51. The Labute approximate surface area is 152 Å². The van der Waals surface area contributed by atoms with Crippen LogP contribution in [0.15, 0.2) is 36.4 Å². The van der Waals surface area contributed by atoms with Gasteiger partial charge in [-0.05, 0) is 36.4 Å². The number of nitrogens with two attached hydrogens (primary N) is 1. The molecule has 0 saturated carbocycles. The first-order valence-electron chi connectivity index (χ1n) is 6.36. The topological polar surface area (TPSA) is 64.7 Å². The normalized spacial score (nSPS) is 10.8. The van der Waals surface area contributed by atoms with E-state index in [0.717, 1.165) is 0 Å². The molecule has 0 bridgehead atoms. The maximum atomic E-state index is 6.20. The highest BCUT2D eigenvalue weighted by atomic mass is 35.5. The van der Waals surface area contributed by atoms with E-state index in [2.05, 4.69) is 15.0 Å². The highest BCUT2D eigenvalue weighted by molar-refractivity contribution is 6.37. The zero-order valence-electron chi connectivity index (χ0n) is 11.4. The summed E-state index contributed by atoms with van der Waals surface area (Å²) in [4.78, 5) is 12.7. The fraction of sp³-hybridized carbons (Fsp3) is 0. The molecule has 0 radical (unpaired) electrons. The summed E-state index contributed by atoms with van der Waals surface area (Å²) in [6.45, 7) is 0. The fourth-order valence-electron chi connectivity index (χ4n) is 1.97. The van der Waals surface area contributed by atoms with Crippen molar-refractivity contribution in [2.75, 3.05) is 5.73 Å². The van der Waals surface area contributed by atoms with Crippen molar-refractivity contribution in [2.24, 2.45) is 0 Å². The first-order valence-corrected chi connectivity index (χ1v) is 7.87. The first kappa shape index (κ1) is 16.3. The van der Waals surface area contributed by atoms with Crippen LogP contribution in [0, 0.1) is 0 Å². The number of benzene rings is 2. The average molecular weight is 386 g/mol. The van der Waals surface area contributed by atoms with Crippen LogP contribution < -0.4 is 5.73 Å². The number of hydrogen-bond donors (Lipinski definition) is 1. The van der Waals surface area contributed by atoms with E-state index in [9.17, 15) is 0 Å². The minimum atomic E-state index is 0.0574. The summed E-state index contributed by atoms with van der Waals surface area (Å²) in [5, 5.41) is 1.86. The van der Waals surface area contributed by atoms with Gasteiger partial charge in [-0.1, -0.05) is 46.4 Å². The lowest BCUT2D eigenvalue weighted by Gasteiger charge is -2.08. The molecule has 0 saturated heterocycles. The monoisotopic (exact) mass is 384 g/mol. The van der Waals surface area contributed by atoms with Crippen LogP contribution in [-0.2, 0) is 0 Å². The quantitative estimate of drug-likeness (QED) is 0.641. The largest absolute Gasteiger partial charge is 0.368 e. The van der Waals surface area contributed by atoms with E-state index in [1.165, 1.54) is 0 Å². The molecule has 23 heavy (non-hydrogen) atoms. The van der Waals surface area contributed by atoms with Gasteiger partial charge >= 0.3 is 0 Å². The molecule has 0 aliphatic heterocycles. The van der Waals surface area contributed by atoms with Gasteiger partial charge < -0.3 is 5.73 Å². The number of hydrogen-bond acceptors (Lipinski definition) is 4. The summed E-state index contributed by atoms with van der Waals surface area (Å²) in [5.74, 6) is 0.724. The van der Waals surface area contributed by atoms with E-state index in [-0.39, 0.29) is 5.95 Å². The zero-order chi connectivity index (χ0) is 16.6. The predicted molar refractivity (Wildman–Crippen MR) is 95.2 cm³/mol. The molecule has 1 aromatic heterocycles. The lowest BCUT2D eigenvalue weighted by molar-refractivity contribution is 1.08. The van der Waals surface area contributed by atoms with Crippen molar-refractivity contribution >= 4 is 52.4 Å². The van der Waals surface area contributed by atoms with Gasteiger partial charge in [0.05, 0.1) is 10.0 Å². The highest BCUT2D eigenvalue weighted by Gasteiger charge is 2.14. The second kappa shape index (κ2) is 6.49. The molecule has 2 aromatic carbocycles. The van der Waals surface area contributed by atoms with Crippen molar-refractivity contribution in [3.05, 3.63) is 56.5 Å². The molecule has 2 N–H and O–H groups in total. The van der Waals surface area contributed by atoms with Crippen molar-refractivity contribution in [1.29, 1.82) is 0 Å². The van der Waals surface area contributed by atoms with Crippen LogP contribution in [0.2, 0.25) is 20.1 Å². The third-order valence-electron chi connectivity index (χ3n) is 3.00. The van der Waals surface area contributed by atoms with Gasteiger partial charge in [0, 0.05) is 21.2 Å². The fourth-order valence-corrected chi connectivity index (χ4v) is 2.96. The minimum absolute atomic E-state index is 0.0574. The first-order chi connectivity index (χ1) is 10.9. The number of anilines is 1. The number of aromatic nitrogens is 3. The molecule has 0 atom stereocenters. The van der Waals surface area contributed by atoms with Gasteiger partial charge in [-0.15, -0.1) is 0 Å². The summed E-state index contributed by atoms with van der Waals surface area (Å²) < 4.78 is 0. The predicted octanol–water partition coefficient (Wildman–Crippen LogP) is 5.40. The second-order valence-corrected chi connectivity index (χ2v) is 6.28. The van der Waals surface area contributed by atoms with Crippen molar-refractivity contribution in [3.63, 3.8) is 0 Å². The van der Waals surface area contributed by atoms with Gasteiger partial charge in [-0.25, -0.2) is 4.98 Å². The van der Waals surface area contributed by atoms with Crippen LogP contribution in [-0.4, -0.2) is 15.0 Å². The Balaban J connectivity index is 2.16. The lowest BCUT2D eigenvalue weighted by atomic mass is 10.2. The molecule has 0 aliphatic carbocycles. The second-order valence-electron chi connectivity index (χ2n) is 4.59. The van der Waals surface area contributed by atoms with Gasteiger partial charge in [-0.2, -0.15) is 9.97 Å². The van der Waals surface area contributed by atoms with E-state index in [1.807, 2.05) is 0 Å². The SMILES string of the molecule is Nc1nc(-c2ccc(Cl)cc2Cl)nc(-c2ccc(Cl)cc2Cl)n1. The van der Waals surface area contributed by atoms with Crippen LogP contribution in [0.25, 0.3) is 22.8 Å². The molecule has 3 aromatic rings. The van der Waals surface area contributed by atoms with Gasteiger partial charge in [0.1, 0.15) is 0 Å². The van der Waals surface area contributed by atoms with Crippen molar-refractivity contribution in [3.8, 4) is 22.8 Å². The average Bonchev–Trinajstić information content (AvgIpc) is 2.46. The molecule has 4 nitrogen and oxygen atoms in total. The van der Waals surface area contributed by atoms with Crippen molar-refractivity contribution in [1.82, 2.24) is 15.0 Å². The molecule has 8 heteroatoms. The number of nitrogen functional groups attached to an aromatic ring is 1. The Morgan fingerprint density at radius 1 is 0.652 bits per heavy atom. The van der Waals surface area contributed by atoms with E-state index in [1.54, 1.807) is 36.4 Å². The Morgan fingerprint density at radius 2 is 1.09 bits per heavy atom. The van der Waals surface area contributed by atoms with Gasteiger partial charge in [0.2, 0.25) is 5.95 Å². The van der Waals surface area contributed by atoms with Gasteiger partial charge in [0.25, 0.3) is 0 Å². The minimum Gasteiger partial charge on any atom is -0.368 e. The van der Waals surface area contributed by atoms with Gasteiger partial charge in [0.15, 0.2) is 11.6 Å². The number of rotatable bonds is 2. The summed E-state index contributed by atoms with van der Waals surface area (Å²) in [6.07, 6.45) is 0. The molecule has 0 spiro atoms. The molecule has 0 fully saturated rings. The Hall–Kier alpha value is -1.59. The maximum Gasteiger partial charge on any atom is 0.224 e. The summed E-state index contributed by atoms with van der Waals surface area (Å²) >= 11 is 24.2. The lowest BCUT2D eigenvalue weighted by Crippen LogP contribution is -2.02. The van der Waals surface area contributed by atoms with E-state index < -0.39 is 0 Å². The van der Waals surface area contributed by atoms with Crippen LogP contribution in [0.3, 0.4) is 0 Å². The Kier molecular flexibility index (Phi) is 4.60. The molecular formula is C15H8Cl4N4. The Morgan fingerprint density at radius 3 is 1.48 bits per heavy atom. The summed E-state index contributed by atoms with van der Waals surface area (Å²) in [7, 11) is 0. The van der Waals surface area contributed by atoms with E-state index >= 15 is 0 Å². The van der Waals surface area contributed by atoms with E-state index in [4.69, 9.17) is 52.1 Å². The zero-order valence-corrected chi connectivity index (χ0v) is 14.4. The maximum absolute atomic E-state index is 6.20. The molecular weight excluding hydrogens is 378 g/mol. The molecule has 3 rings (SSSR count). The van der Waals surface area contributed by atoms with Crippen LogP contribution >= 0.6 is 46.4 Å². The van der Waals surface area contributed by atoms with E-state index in [0.29, 0.717) is 42.9 Å². The number of nitrogens with zero attached hydrogens (tertiary/aromatic N) is 3. The van der Waals surface area contributed by atoms with Crippen LogP contribution in [0.4, 0.5) is 5.95 Å². The van der Waals surface area contributed by atoms with Crippen LogP contribution in [0.1, 0.15) is 0 Å². The number of halogens is 4. The van der Waals surface area contributed by atoms with Crippen molar-refractivity contribution < 1.29 is 0 Å². The summed E-state index contributed by atoms with van der Waals surface area (Å²) in [5.41, 5.74) is 6.98. The Bertz CT molecular complexity index is 829. The van der Waals surface area contributed by atoms with Crippen molar-refractivity contribution in [2.45, 2.75) is 0 Å². The standard InChI is InChI=1S/C15H8Cl4N4/c16-7-1-3-9(11(18)5-7)13-21-14(23-15(20)22-13)10-4-2-8(17)6-12(10)19/h1-6H,(H2,20,21,22,23). The highest BCUT2D eigenvalue weighted by Crippen LogP contribution is 2.32. The molecule has 1 heterocycles. The molecule has 0 unspecified atom stereocenters. The smallest absolute Gasteiger partial charge is 0.224 e. The molecule has 0 amide bonds. The van der Waals surface area contributed by atoms with Crippen LogP contribution in [0.5, 0.6) is 0 Å².